The van der Waals surface area contributed by atoms with E-state index in [0.29, 0.717) is 43.9 Å². The maximum Gasteiger partial charge on any atom is 0.219 e. The van der Waals surface area contributed by atoms with Crippen molar-refractivity contribution in [3.63, 3.8) is 0 Å². The second-order valence-corrected chi connectivity index (χ2v) is 13.9. The van der Waals surface area contributed by atoms with E-state index in [1.807, 2.05) is 39.8 Å². The number of rotatable bonds is 22. The minimum absolute atomic E-state index is 0.0854. The first-order valence-electron chi connectivity index (χ1n) is 15.9. The smallest absolute Gasteiger partial charge is 0.219 e. The summed E-state index contributed by atoms with van der Waals surface area (Å²) >= 11 is 0. The normalized spacial score (nSPS) is 16.7. The predicted molar refractivity (Wildman–Crippen MR) is 179 cm³/mol. The first-order valence-corrected chi connectivity index (χ1v) is 18.3. The summed E-state index contributed by atoms with van der Waals surface area (Å²) in [6.07, 6.45) is 12.8. The third-order valence-electron chi connectivity index (χ3n) is 7.73. The molecule has 1 amide bonds. The van der Waals surface area contributed by atoms with Gasteiger partial charge in [0.05, 0.1) is 18.5 Å². The van der Waals surface area contributed by atoms with Crippen LogP contribution in [-0.4, -0.2) is 73.2 Å². The number of ether oxygens (including phenoxy) is 1. The fraction of sp³-hybridized carbons (Fsp3) is 0.606. The van der Waals surface area contributed by atoms with Crippen LogP contribution in [0.3, 0.4) is 0 Å². The zero-order valence-electron chi connectivity index (χ0n) is 26.0. The molecule has 238 valence electrons. The molecule has 1 saturated heterocycles. The summed E-state index contributed by atoms with van der Waals surface area (Å²) in [7, 11) is 5.66. The SMILES string of the molecule is CCN(CCCCCCNC1=CC(=O)C(NCCCNC(=O)CCCCC2CCSS2)=CC1=O)Cc1ccccc1OC. The summed E-state index contributed by atoms with van der Waals surface area (Å²) < 4.78 is 5.48. The zero-order chi connectivity index (χ0) is 30.7. The largest absolute Gasteiger partial charge is 0.496 e. The molecule has 0 spiro atoms. The van der Waals surface area contributed by atoms with Crippen molar-refractivity contribution in [2.75, 3.05) is 45.6 Å². The minimum atomic E-state index is -0.195. The number of para-hydroxylation sites is 1. The van der Waals surface area contributed by atoms with Crippen LogP contribution in [0.5, 0.6) is 5.75 Å². The van der Waals surface area contributed by atoms with E-state index in [-0.39, 0.29) is 17.5 Å². The van der Waals surface area contributed by atoms with Gasteiger partial charge < -0.3 is 20.7 Å². The van der Waals surface area contributed by atoms with E-state index < -0.39 is 0 Å². The van der Waals surface area contributed by atoms with Crippen LogP contribution in [0.15, 0.2) is 47.8 Å². The van der Waals surface area contributed by atoms with Crippen molar-refractivity contribution in [3.05, 3.63) is 53.4 Å². The number of hydrogen-bond acceptors (Lipinski definition) is 9. The molecule has 1 atom stereocenters. The van der Waals surface area contributed by atoms with Gasteiger partial charge in [-0.25, -0.2) is 0 Å². The van der Waals surface area contributed by atoms with Crippen LogP contribution in [0.4, 0.5) is 0 Å². The Morgan fingerprint density at radius 1 is 0.930 bits per heavy atom. The third kappa shape index (κ3) is 13.4. The van der Waals surface area contributed by atoms with Crippen LogP contribution in [0, 0.1) is 0 Å². The number of benzene rings is 1. The lowest BCUT2D eigenvalue weighted by Gasteiger charge is -2.21. The predicted octanol–water partition coefficient (Wildman–Crippen LogP) is 5.40. The molecule has 1 heterocycles. The van der Waals surface area contributed by atoms with Crippen LogP contribution in [-0.2, 0) is 20.9 Å². The number of methoxy groups -OCH3 is 1. The Labute approximate surface area is 266 Å². The maximum atomic E-state index is 12.5. The lowest BCUT2D eigenvalue weighted by molar-refractivity contribution is -0.121. The number of amides is 1. The van der Waals surface area contributed by atoms with E-state index in [4.69, 9.17) is 4.74 Å². The van der Waals surface area contributed by atoms with Crippen molar-refractivity contribution in [1.82, 2.24) is 20.9 Å². The van der Waals surface area contributed by atoms with Crippen LogP contribution in [0.1, 0.15) is 76.7 Å². The van der Waals surface area contributed by atoms with Crippen LogP contribution in [0.25, 0.3) is 0 Å². The van der Waals surface area contributed by atoms with Crippen LogP contribution >= 0.6 is 21.6 Å². The van der Waals surface area contributed by atoms with Gasteiger partial charge in [-0.1, -0.05) is 66.0 Å². The molecule has 1 aliphatic carbocycles. The van der Waals surface area contributed by atoms with E-state index in [1.165, 1.54) is 36.3 Å². The highest BCUT2D eigenvalue weighted by atomic mass is 33.1. The highest BCUT2D eigenvalue weighted by Crippen LogP contribution is 2.39. The molecule has 3 rings (SSSR count). The molecule has 1 aromatic carbocycles. The lowest BCUT2D eigenvalue weighted by Crippen LogP contribution is -2.31. The van der Waals surface area contributed by atoms with Gasteiger partial charge in [0.25, 0.3) is 0 Å². The summed E-state index contributed by atoms with van der Waals surface area (Å²) in [5.41, 5.74) is 1.89. The summed E-state index contributed by atoms with van der Waals surface area (Å²) in [4.78, 5) is 39.5. The molecule has 3 N–H and O–H groups in total. The molecule has 1 aromatic rings. The van der Waals surface area contributed by atoms with Gasteiger partial charge in [0.15, 0.2) is 0 Å². The molecule has 0 saturated carbocycles. The summed E-state index contributed by atoms with van der Waals surface area (Å²) in [5, 5.41) is 9.92. The van der Waals surface area contributed by atoms with Crippen molar-refractivity contribution in [3.8, 4) is 5.75 Å². The fourth-order valence-electron chi connectivity index (χ4n) is 5.15. The molecule has 1 fully saturated rings. The molecule has 10 heteroatoms. The number of carbonyl (C=O) groups is 3. The van der Waals surface area contributed by atoms with Gasteiger partial charge in [0.1, 0.15) is 5.75 Å². The standard InChI is InChI=1S/C33H50N4O4S2/c1-3-37(25-26-13-6-8-15-32(26)41-2)21-11-5-4-10-18-34-28-23-31(39)29(24-30(28)38)35-19-12-20-36-33(40)16-9-7-14-27-17-22-42-43-27/h6,8,13,15,23-24,27,34-35H,3-5,7,9-12,14,16-22,25H2,1-2H3,(H,36,40). The number of allylic oxidation sites excluding steroid dienone is 2. The quantitative estimate of drug-likeness (QED) is 0.0884. The zero-order valence-corrected chi connectivity index (χ0v) is 27.6. The first-order chi connectivity index (χ1) is 21.0. The van der Waals surface area contributed by atoms with Crippen molar-refractivity contribution in [1.29, 1.82) is 0 Å². The third-order valence-corrected chi connectivity index (χ3v) is 10.7. The average Bonchev–Trinajstić information content (AvgIpc) is 3.54. The van der Waals surface area contributed by atoms with Gasteiger partial charge in [0, 0.05) is 61.3 Å². The molecule has 0 aromatic heterocycles. The monoisotopic (exact) mass is 630 g/mol. The molecular formula is C33H50N4O4S2. The highest BCUT2D eigenvalue weighted by molar-refractivity contribution is 8.77. The Morgan fingerprint density at radius 2 is 1.65 bits per heavy atom. The molecule has 43 heavy (non-hydrogen) atoms. The first kappa shape index (κ1) is 35.1. The Hall–Kier alpha value is -2.43. The van der Waals surface area contributed by atoms with Gasteiger partial charge in [-0.05, 0) is 57.7 Å². The molecule has 1 aliphatic heterocycles. The molecule has 1 unspecified atom stereocenters. The fourth-order valence-corrected chi connectivity index (χ4v) is 8.17. The Morgan fingerprint density at radius 3 is 2.35 bits per heavy atom. The second kappa shape index (κ2) is 20.5. The molecule has 0 radical (unpaired) electrons. The van der Waals surface area contributed by atoms with Gasteiger partial charge in [-0.2, -0.15) is 0 Å². The van der Waals surface area contributed by atoms with Gasteiger partial charge in [-0.15, -0.1) is 0 Å². The van der Waals surface area contributed by atoms with Crippen LogP contribution in [0.2, 0.25) is 0 Å². The average molecular weight is 631 g/mol. The van der Waals surface area contributed by atoms with E-state index in [9.17, 15) is 14.4 Å². The van der Waals surface area contributed by atoms with Crippen LogP contribution < -0.4 is 20.7 Å². The number of nitrogens with one attached hydrogen (secondary N) is 3. The van der Waals surface area contributed by atoms with E-state index in [0.717, 1.165) is 69.2 Å². The van der Waals surface area contributed by atoms with Crippen molar-refractivity contribution >= 4 is 39.1 Å². The topological polar surface area (TPSA) is 99.8 Å². The Balaban J connectivity index is 1.20. The van der Waals surface area contributed by atoms with Gasteiger partial charge in [-0.3, -0.25) is 19.3 Å². The molecule has 8 nitrogen and oxygen atoms in total. The molecule has 2 aliphatic rings. The van der Waals surface area contributed by atoms with E-state index in [1.54, 1.807) is 7.11 Å². The van der Waals surface area contributed by atoms with Crippen molar-refractivity contribution in [2.45, 2.75) is 82.9 Å². The summed E-state index contributed by atoms with van der Waals surface area (Å²) in [5.74, 6) is 1.90. The number of nitrogens with zero attached hydrogens (tertiary/aromatic N) is 1. The lowest BCUT2D eigenvalue weighted by atomic mass is 10.1. The van der Waals surface area contributed by atoms with Crippen molar-refractivity contribution in [2.24, 2.45) is 0 Å². The number of unbranched alkanes of at least 4 members (excludes halogenated alkanes) is 4. The number of hydrogen-bond donors (Lipinski definition) is 3. The number of ketones is 2. The van der Waals surface area contributed by atoms with Crippen molar-refractivity contribution < 1.29 is 19.1 Å². The highest BCUT2D eigenvalue weighted by Gasteiger charge is 2.20. The van der Waals surface area contributed by atoms with E-state index in [2.05, 4.69) is 33.8 Å². The number of carbonyl (C=O) groups excluding carboxylic acids is 3. The van der Waals surface area contributed by atoms with Gasteiger partial charge in [0.2, 0.25) is 17.5 Å². The summed E-state index contributed by atoms with van der Waals surface area (Å²) in [6, 6.07) is 8.17. The van der Waals surface area contributed by atoms with Gasteiger partial charge >= 0.3 is 0 Å². The molecule has 0 bridgehead atoms. The minimum Gasteiger partial charge on any atom is -0.496 e. The maximum absolute atomic E-state index is 12.5. The van der Waals surface area contributed by atoms with E-state index >= 15 is 0 Å². The Bertz CT molecular complexity index is 1090. The second-order valence-electron chi connectivity index (χ2n) is 11.1. The molecular weight excluding hydrogens is 581 g/mol. The Kier molecular flexibility index (Phi) is 16.7. The summed E-state index contributed by atoms with van der Waals surface area (Å²) in [6.45, 7) is 6.83.